The van der Waals surface area contributed by atoms with Gasteiger partial charge in [0.25, 0.3) is 0 Å². The molecule has 2 heterocycles. The van der Waals surface area contributed by atoms with Gasteiger partial charge in [0.1, 0.15) is 16.4 Å². The lowest BCUT2D eigenvalue weighted by atomic mass is 9.97. The molecule has 0 aliphatic heterocycles. The third kappa shape index (κ3) is 2.84. The van der Waals surface area contributed by atoms with E-state index in [0.717, 1.165) is 45.1 Å². The molecule has 0 atom stereocenters. The van der Waals surface area contributed by atoms with Crippen LogP contribution in [0.5, 0.6) is 5.75 Å². The first-order valence-corrected chi connectivity index (χ1v) is 11.1. The molecule has 1 aliphatic rings. The zero-order valence-corrected chi connectivity index (χ0v) is 16.6. The Kier molecular flexibility index (Phi) is 4.17. The number of fused-ring (bicyclic) bond motifs is 4. The van der Waals surface area contributed by atoms with E-state index >= 15 is 0 Å². The van der Waals surface area contributed by atoms with E-state index < -0.39 is 0 Å². The Hall–Kier alpha value is -2.31. The molecule has 0 saturated heterocycles. The minimum atomic E-state index is 0.293. The number of hydrogen-bond donors (Lipinski definition) is 2. The number of aromatic nitrogens is 2. The topological polar surface area (TPSA) is 58.0 Å². The highest BCUT2D eigenvalue weighted by Gasteiger charge is 2.21. The number of thioether (sulfide) groups is 1. The van der Waals surface area contributed by atoms with E-state index in [2.05, 4.69) is 5.32 Å². The number of benzene rings is 2. The monoisotopic (exact) mass is 393 g/mol. The van der Waals surface area contributed by atoms with Gasteiger partial charge in [-0.1, -0.05) is 36.0 Å². The van der Waals surface area contributed by atoms with Crippen LogP contribution >= 0.6 is 23.1 Å². The first-order valence-electron chi connectivity index (χ1n) is 9.08. The summed E-state index contributed by atoms with van der Waals surface area (Å²) in [4.78, 5) is 12.1. The molecule has 4 aromatic rings. The molecule has 0 unspecified atom stereocenters. The molecule has 2 aromatic carbocycles. The van der Waals surface area contributed by atoms with Crippen LogP contribution in [0.3, 0.4) is 0 Å². The molecule has 0 saturated carbocycles. The molecule has 4 nitrogen and oxygen atoms in total. The number of anilines is 2. The van der Waals surface area contributed by atoms with Crippen LogP contribution in [0.2, 0.25) is 0 Å². The van der Waals surface area contributed by atoms with Crippen molar-refractivity contribution in [1.29, 1.82) is 0 Å². The standard InChI is InChI=1S/C21H19N3OS2/c1-26-21-23-19(18-14-6-2-3-11-17(14)27-20(18)24-21)22-15-9-4-8-13-12(15)7-5-10-16(13)25/h4-5,7-10,25H,2-3,6,11H2,1H3,(H,22,23,24). The lowest BCUT2D eigenvalue weighted by Gasteiger charge is -2.14. The number of phenolic OH excluding ortho intramolecular Hbond substituents is 1. The molecule has 27 heavy (non-hydrogen) atoms. The van der Waals surface area contributed by atoms with Gasteiger partial charge in [-0.05, 0) is 49.6 Å². The van der Waals surface area contributed by atoms with Crippen LogP contribution in [-0.4, -0.2) is 21.3 Å². The zero-order chi connectivity index (χ0) is 18.4. The fourth-order valence-corrected chi connectivity index (χ4v) is 5.53. The summed E-state index contributed by atoms with van der Waals surface area (Å²) < 4.78 is 0. The van der Waals surface area contributed by atoms with Gasteiger partial charge in [-0.25, -0.2) is 9.97 Å². The Morgan fingerprint density at radius 1 is 1.04 bits per heavy atom. The van der Waals surface area contributed by atoms with E-state index in [1.54, 1.807) is 17.8 Å². The molecule has 6 heteroatoms. The largest absolute Gasteiger partial charge is 0.507 e. The van der Waals surface area contributed by atoms with Gasteiger partial charge in [-0.3, -0.25) is 0 Å². The number of phenols is 1. The van der Waals surface area contributed by atoms with Crippen molar-refractivity contribution in [3.05, 3.63) is 46.8 Å². The van der Waals surface area contributed by atoms with Crippen molar-refractivity contribution >= 4 is 55.6 Å². The average Bonchev–Trinajstić information content (AvgIpc) is 3.07. The smallest absolute Gasteiger partial charge is 0.190 e. The van der Waals surface area contributed by atoms with Crippen molar-refractivity contribution in [3.8, 4) is 5.75 Å². The van der Waals surface area contributed by atoms with Crippen LogP contribution < -0.4 is 5.32 Å². The van der Waals surface area contributed by atoms with Crippen molar-refractivity contribution in [1.82, 2.24) is 9.97 Å². The Morgan fingerprint density at radius 3 is 2.74 bits per heavy atom. The van der Waals surface area contributed by atoms with E-state index in [4.69, 9.17) is 9.97 Å². The third-order valence-electron chi connectivity index (χ3n) is 5.13. The van der Waals surface area contributed by atoms with Crippen molar-refractivity contribution in [2.24, 2.45) is 0 Å². The number of aromatic hydroxyl groups is 1. The van der Waals surface area contributed by atoms with Crippen molar-refractivity contribution in [3.63, 3.8) is 0 Å². The second kappa shape index (κ2) is 6.69. The maximum Gasteiger partial charge on any atom is 0.190 e. The normalized spacial score (nSPS) is 13.8. The molecule has 2 N–H and O–H groups in total. The van der Waals surface area contributed by atoms with Crippen LogP contribution in [0.4, 0.5) is 11.5 Å². The Bertz CT molecular complexity index is 1170. The minimum Gasteiger partial charge on any atom is -0.507 e. The SMILES string of the molecule is CSc1nc(Nc2cccc3c(O)cccc23)c2c3c(sc2n1)CCCC3. The van der Waals surface area contributed by atoms with Crippen molar-refractivity contribution < 1.29 is 5.11 Å². The van der Waals surface area contributed by atoms with Gasteiger partial charge < -0.3 is 10.4 Å². The number of nitrogens with zero attached hydrogens (tertiary/aromatic N) is 2. The first-order chi connectivity index (χ1) is 13.2. The van der Waals surface area contributed by atoms with E-state index in [1.807, 2.05) is 47.9 Å². The second-order valence-electron chi connectivity index (χ2n) is 6.75. The zero-order valence-electron chi connectivity index (χ0n) is 15.0. The maximum atomic E-state index is 10.2. The molecule has 0 amide bonds. The Balaban J connectivity index is 1.71. The minimum absolute atomic E-state index is 0.293. The Labute approximate surface area is 165 Å². The van der Waals surface area contributed by atoms with Gasteiger partial charge in [-0.15, -0.1) is 11.3 Å². The lowest BCUT2D eigenvalue weighted by molar-refractivity contribution is 0.481. The quantitative estimate of drug-likeness (QED) is 0.335. The molecular formula is C21H19N3OS2. The van der Waals surface area contributed by atoms with Crippen LogP contribution in [0.15, 0.2) is 41.6 Å². The number of nitrogens with one attached hydrogen (secondary N) is 1. The third-order valence-corrected chi connectivity index (χ3v) is 6.86. The van der Waals surface area contributed by atoms with Crippen LogP contribution in [0, 0.1) is 0 Å². The number of thiophene rings is 1. The number of hydrogen-bond acceptors (Lipinski definition) is 6. The second-order valence-corrected chi connectivity index (χ2v) is 8.61. The van der Waals surface area contributed by atoms with Crippen molar-refractivity contribution in [2.45, 2.75) is 30.8 Å². The summed E-state index contributed by atoms with van der Waals surface area (Å²) in [5, 5.41) is 17.5. The Morgan fingerprint density at radius 2 is 1.85 bits per heavy atom. The first kappa shape index (κ1) is 16.8. The van der Waals surface area contributed by atoms with E-state index in [1.165, 1.54) is 28.7 Å². The summed E-state index contributed by atoms with van der Waals surface area (Å²) >= 11 is 3.38. The van der Waals surface area contributed by atoms with Gasteiger partial charge >= 0.3 is 0 Å². The van der Waals surface area contributed by atoms with Gasteiger partial charge in [0, 0.05) is 21.3 Å². The molecule has 1 aliphatic carbocycles. The predicted molar refractivity (Wildman–Crippen MR) is 115 cm³/mol. The van der Waals surface area contributed by atoms with E-state index in [-0.39, 0.29) is 0 Å². The number of aryl methyl sites for hydroxylation is 2. The number of rotatable bonds is 3. The molecule has 0 bridgehead atoms. The molecular weight excluding hydrogens is 374 g/mol. The predicted octanol–water partition coefficient (Wildman–Crippen LogP) is 5.89. The van der Waals surface area contributed by atoms with E-state index in [9.17, 15) is 5.11 Å². The highest BCUT2D eigenvalue weighted by Crippen LogP contribution is 2.41. The van der Waals surface area contributed by atoms with Gasteiger partial charge in [0.15, 0.2) is 5.16 Å². The van der Waals surface area contributed by atoms with Gasteiger partial charge in [0.05, 0.1) is 5.39 Å². The van der Waals surface area contributed by atoms with Crippen molar-refractivity contribution in [2.75, 3.05) is 11.6 Å². The maximum absolute atomic E-state index is 10.2. The molecule has 0 spiro atoms. The summed E-state index contributed by atoms with van der Waals surface area (Å²) in [6, 6.07) is 11.5. The summed E-state index contributed by atoms with van der Waals surface area (Å²) in [6.45, 7) is 0. The lowest BCUT2D eigenvalue weighted by Crippen LogP contribution is -2.02. The van der Waals surface area contributed by atoms with Crippen LogP contribution in [-0.2, 0) is 12.8 Å². The van der Waals surface area contributed by atoms with Crippen LogP contribution in [0.25, 0.3) is 21.0 Å². The summed E-state index contributed by atoms with van der Waals surface area (Å²) in [6.07, 6.45) is 6.74. The highest BCUT2D eigenvalue weighted by atomic mass is 32.2. The summed E-state index contributed by atoms with van der Waals surface area (Å²) in [7, 11) is 0. The summed E-state index contributed by atoms with van der Waals surface area (Å²) in [5.41, 5.74) is 2.37. The van der Waals surface area contributed by atoms with Gasteiger partial charge in [-0.2, -0.15) is 0 Å². The summed E-state index contributed by atoms with van der Waals surface area (Å²) in [5.74, 6) is 1.17. The molecule has 0 radical (unpaired) electrons. The molecule has 136 valence electrons. The van der Waals surface area contributed by atoms with Crippen LogP contribution in [0.1, 0.15) is 23.3 Å². The fourth-order valence-electron chi connectivity index (χ4n) is 3.85. The van der Waals surface area contributed by atoms with Gasteiger partial charge in [0.2, 0.25) is 0 Å². The van der Waals surface area contributed by atoms with E-state index in [0.29, 0.717) is 5.75 Å². The molecule has 5 rings (SSSR count). The molecule has 0 fully saturated rings. The highest BCUT2D eigenvalue weighted by molar-refractivity contribution is 7.98. The fraction of sp³-hybridized carbons (Fsp3) is 0.238. The average molecular weight is 394 g/mol. The molecule has 2 aromatic heterocycles.